The fraction of sp³-hybridized carbons (Fsp3) is 0.529. The molecule has 0 aliphatic heterocycles. The van der Waals surface area contributed by atoms with Crippen LogP contribution in [0.4, 0.5) is 0 Å². The average Bonchev–Trinajstić information content (AvgIpc) is 3.11. The number of ketones is 1. The Kier molecular flexibility index (Phi) is 4.26. The van der Waals surface area contributed by atoms with E-state index in [2.05, 4.69) is 15.5 Å². The van der Waals surface area contributed by atoms with Gasteiger partial charge in [0.05, 0.1) is 11.1 Å². The average molecular weight is 331 g/mol. The number of hydrogen-bond acceptors (Lipinski definition) is 6. The second-order valence-corrected chi connectivity index (χ2v) is 6.44. The topological polar surface area (TPSA) is 98.2 Å². The predicted molar refractivity (Wildman–Crippen MR) is 85.0 cm³/mol. The minimum Gasteiger partial charge on any atom is -0.465 e. The maximum absolute atomic E-state index is 12.7. The summed E-state index contributed by atoms with van der Waals surface area (Å²) in [6, 6.07) is -0.457. The van der Waals surface area contributed by atoms with Crippen LogP contribution in [0.5, 0.6) is 0 Å². The molecule has 1 aliphatic rings. The van der Waals surface area contributed by atoms with E-state index in [1.54, 1.807) is 13.8 Å². The maximum Gasteiger partial charge on any atom is 0.256 e. The van der Waals surface area contributed by atoms with Gasteiger partial charge in [0.15, 0.2) is 5.78 Å². The fourth-order valence-corrected chi connectivity index (χ4v) is 2.87. The number of aryl methyl sites for hydroxylation is 2. The Morgan fingerprint density at radius 1 is 1.12 bits per heavy atom. The highest BCUT2D eigenvalue weighted by atomic mass is 16.4. The standard InChI is InChI=1S/C17H21N3O4/c1-8(2)16-19-20-17(24-16)9(3)18-15(22)13-10(4)23-12-7-5-6-11(21)14(12)13/h8-9H,5-7H2,1-4H3,(H,18,22)/t9-/m1/s1. The molecule has 128 valence electrons. The molecule has 0 spiro atoms. The normalized spacial score (nSPS) is 15.5. The number of fused-ring (bicyclic) bond motifs is 1. The number of furan rings is 1. The van der Waals surface area contributed by atoms with Crippen LogP contribution in [-0.4, -0.2) is 21.9 Å². The molecule has 1 amide bonds. The van der Waals surface area contributed by atoms with E-state index in [4.69, 9.17) is 8.83 Å². The summed E-state index contributed by atoms with van der Waals surface area (Å²) >= 11 is 0. The molecule has 0 saturated heterocycles. The van der Waals surface area contributed by atoms with Crippen LogP contribution in [0.2, 0.25) is 0 Å². The summed E-state index contributed by atoms with van der Waals surface area (Å²) < 4.78 is 11.2. The van der Waals surface area contributed by atoms with Crippen LogP contribution in [0.3, 0.4) is 0 Å². The minimum atomic E-state index is -0.457. The third kappa shape index (κ3) is 2.86. The van der Waals surface area contributed by atoms with Crippen molar-refractivity contribution in [3.63, 3.8) is 0 Å². The number of hydrogen-bond donors (Lipinski definition) is 1. The lowest BCUT2D eigenvalue weighted by Crippen LogP contribution is -2.29. The van der Waals surface area contributed by atoms with Crippen molar-refractivity contribution >= 4 is 11.7 Å². The second-order valence-electron chi connectivity index (χ2n) is 6.44. The van der Waals surface area contributed by atoms with Crippen molar-refractivity contribution in [2.45, 2.75) is 58.9 Å². The monoisotopic (exact) mass is 331 g/mol. The quantitative estimate of drug-likeness (QED) is 0.924. The molecule has 7 nitrogen and oxygen atoms in total. The maximum atomic E-state index is 12.7. The van der Waals surface area contributed by atoms with Crippen LogP contribution < -0.4 is 5.32 Å². The Labute approximate surface area is 139 Å². The number of carbonyl (C=O) groups is 2. The van der Waals surface area contributed by atoms with Crippen molar-refractivity contribution in [3.05, 3.63) is 34.4 Å². The highest BCUT2D eigenvalue weighted by molar-refractivity contribution is 6.10. The summed E-state index contributed by atoms with van der Waals surface area (Å²) in [6.07, 6.45) is 1.89. The van der Waals surface area contributed by atoms with E-state index in [1.807, 2.05) is 13.8 Å². The van der Waals surface area contributed by atoms with Crippen LogP contribution >= 0.6 is 0 Å². The third-order valence-electron chi connectivity index (χ3n) is 4.14. The third-order valence-corrected chi connectivity index (χ3v) is 4.14. The summed E-state index contributed by atoms with van der Waals surface area (Å²) in [7, 11) is 0. The van der Waals surface area contributed by atoms with Gasteiger partial charge in [-0.15, -0.1) is 10.2 Å². The smallest absolute Gasteiger partial charge is 0.256 e. The van der Waals surface area contributed by atoms with Crippen LogP contribution in [0.15, 0.2) is 8.83 Å². The molecule has 2 aromatic heterocycles. The minimum absolute atomic E-state index is 0.0363. The number of nitrogens with one attached hydrogen (secondary N) is 1. The molecule has 3 rings (SSSR count). The van der Waals surface area contributed by atoms with E-state index < -0.39 is 6.04 Å². The van der Waals surface area contributed by atoms with Gasteiger partial charge in [-0.25, -0.2) is 0 Å². The lowest BCUT2D eigenvalue weighted by atomic mass is 9.93. The van der Waals surface area contributed by atoms with Crippen molar-refractivity contribution < 1.29 is 18.4 Å². The molecule has 2 heterocycles. The van der Waals surface area contributed by atoms with Crippen molar-refractivity contribution in [2.24, 2.45) is 0 Å². The Balaban J connectivity index is 1.82. The highest BCUT2D eigenvalue weighted by Gasteiger charge is 2.31. The molecule has 0 saturated carbocycles. The van der Waals surface area contributed by atoms with Gasteiger partial charge in [-0.3, -0.25) is 9.59 Å². The fourth-order valence-electron chi connectivity index (χ4n) is 2.87. The van der Waals surface area contributed by atoms with Crippen molar-refractivity contribution in [1.29, 1.82) is 0 Å². The zero-order valence-electron chi connectivity index (χ0n) is 14.3. The Bertz CT molecular complexity index is 788. The second kappa shape index (κ2) is 6.22. The summed E-state index contributed by atoms with van der Waals surface area (Å²) in [5.41, 5.74) is 0.752. The number of nitrogens with zero attached hydrogens (tertiary/aromatic N) is 2. The number of amides is 1. The molecule has 1 aliphatic carbocycles. The lowest BCUT2D eigenvalue weighted by Gasteiger charge is -2.12. The van der Waals surface area contributed by atoms with Gasteiger partial charge in [-0.05, 0) is 20.3 Å². The van der Waals surface area contributed by atoms with E-state index >= 15 is 0 Å². The highest BCUT2D eigenvalue weighted by Crippen LogP contribution is 2.30. The molecule has 1 N–H and O–H groups in total. The van der Waals surface area contributed by atoms with Gasteiger partial charge in [-0.1, -0.05) is 13.8 Å². The first-order valence-electron chi connectivity index (χ1n) is 8.18. The molecule has 0 aromatic carbocycles. The van der Waals surface area contributed by atoms with Crippen LogP contribution in [0.25, 0.3) is 0 Å². The first kappa shape index (κ1) is 16.4. The van der Waals surface area contributed by atoms with Gasteiger partial charge in [0.1, 0.15) is 17.6 Å². The molecule has 0 fully saturated rings. The molecule has 0 bridgehead atoms. The first-order valence-corrected chi connectivity index (χ1v) is 8.18. The molecular formula is C17H21N3O4. The van der Waals surface area contributed by atoms with E-state index in [0.717, 1.165) is 6.42 Å². The summed E-state index contributed by atoms with van der Waals surface area (Å²) in [5, 5.41) is 10.8. The lowest BCUT2D eigenvalue weighted by molar-refractivity contribution is 0.0913. The molecule has 1 atom stereocenters. The SMILES string of the molecule is Cc1oc2c(c1C(=O)N[C@H](C)c1nnc(C(C)C)o1)C(=O)CCC2. The van der Waals surface area contributed by atoms with Crippen LogP contribution in [0, 0.1) is 6.92 Å². The Morgan fingerprint density at radius 2 is 1.83 bits per heavy atom. The van der Waals surface area contributed by atoms with E-state index in [0.29, 0.717) is 47.3 Å². The summed E-state index contributed by atoms with van der Waals surface area (Å²) in [6.45, 7) is 7.37. The molecule has 7 heteroatoms. The van der Waals surface area contributed by atoms with E-state index in [-0.39, 0.29) is 17.6 Å². The zero-order chi connectivity index (χ0) is 17.4. The van der Waals surface area contributed by atoms with Gasteiger partial charge < -0.3 is 14.2 Å². The van der Waals surface area contributed by atoms with Crippen molar-refractivity contribution in [1.82, 2.24) is 15.5 Å². The van der Waals surface area contributed by atoms with E-state index in [1.165, 1.54) is 0 Å². The Morgan fingerprint density at radius 3 is 2.50 bits per heavy atom. The van der Waals surface area contributed by atoms with Gasteiger partial charge in [0, 0.05) is 18.8 Å². The first-order chi connectivity index (χ1) is 11.4. The summed E-state index contributed by atoms with van der Waals surface area (Å²) in [4.78, 5) is 24.8. The van der Waals surface area contributed by atoms with Crippen LogP contribution in [-0.2, 0) is 6.42 Å². The predicted octanol–water partition coefficient (Wildman–Crippen LogP) is 3.10. The molecule has 0 radical (unpaired) electrons. The molecular weight excluding hydrogens is 310 g/mol. The van der Waals surface area contributed by atoms with Crippen molar-refractivity contribution in [3.8, 4) is 0 Å². The summed E-state index contributed by atoms with van der Waals surface area (Å²) in [5.74, 6) is 1.67. The Hall–Kier alpha value is -2.44. The largest absolute Gasteiger partial charge is 0.465 e. The molecule has 24 heavy (non-hydrogen) atoms. The van der Waals surface area contributed by atoms with Crippen LogP contribution in [0.1, 0.15) is 89.6 Å². The zero-order valence-corrected chi connectivity index (χ0v) is 14.3. The van der Waals surface area contributed by atoms with Gasteiger partial charge in [0.2, 0.25) is 11.8 Å². The number of rotatable bonds is 4. The number of aromatic nitrogens is 2. The van der Waals surface area contributed by atoms with Gasteiger partial charge in [0.25, 0.3) is 5.91 Å². The molecule has 2 aromatic rings. The van der Waals surface area contributed by atoms with E-state index in [9.17, 15) is 9.59 Å². The van der Waals surface area contributed by atoms with Gasteiger partial charge in [-0.2, -0.15) is 0 Å². The van der Waals surface area contributed by atoms with Crippen molar-refractivity contribution in [2.75, 3.05) is 0 Å². The molecule has 0 unspecified atom stereocenters. The number of Topliss-reactive ketones (excluding diaryl/α,β-unsaturated/α-hetero) is 1. The van der Waals surface area contributed by atoms with Gasteiger partial charge >= 0.3 is 0 Å². The number of carbonyl (C=O) groups excluding carboxylic acids is 2.